The minimum Gasteiger partial charge on any atom is -0.265 e. The van der Waals surface area contributed by atoms with Gasteiger partial charge in [0.25, 0.3) is 0 Å². The number of hydrogen-bond acceptors (Lipinski definition) is 1. The van der Waals surface area contributed by atoms with E-state index in [1.165, 1.54) is 5.13 Å². The van der Waals surface area contributed by atoms with E-state index in [-0.39, 0.29) is 0 Å². The molecule has 0 atom stereocenters. The van der Waals surface area contributed by atoms with Crippen molar-refractivity contribution in [2.45, 2.75) is 12.1 Å². The van der Waals surface area contributed by atoms with E-state index in [0.29, 0.717) is 0 Å². The summed E-state index contributed by atoms with van der Waals surface area (Å²) in [6.45, 7) is 2.10. The van der Waals surface area contributed by atoms with Crippen LogP contribution in [0.3, 0.4) is 0 Å². The van der Waals surface area contributed by atoms with Gasteiger partial charge in [-0.2, -0.15) is 0 Å². The number of pyridine rings is 1. The van der Waals surface area contributed by atoms with E-state index in [2.05, 4.69) is 29.3 Å². The van der Waals surface area contributed by atoms with Crippen LogP contribution in [0.1, 0.15) is 6.92 Å². The summed E-state index contributed by atoms with van der Waals surface area (Å²) in [5, 5.41) is 1.19. The molecule has 0 spiro atoms. The van der Waals surface area contributed by atoms with Gasteiger partial charge < -0.3 is 0 Å². The maximum Gasteiger partial charge on any atom is 0.0267 e. The third-order valence-corrected chi connectivity index (χ3v) is 0.566. The fourth-order valence-corrected chi connectivity index (χ4v) is 0.313. The van der Waals surface area contributed by atoms with Crippen molar-refractivity contribution in [2.75, 3.05) is 0 Å². The zero-order valence-corrected chi connectivity index (χ0v) is 6.88. The van der Waals surface area contributed by atoms with E-state index in [9.17, 15) is 0 Å². The van der Waals surface area contributed by atoms with Crippen LogP contribution in [0.5, 0.6) is 0 Å². The van der Waals surface area contributed by atoms with Crippen molar-refractivity contribution in [1.82, 2.24) is 4.98 Å². The molecule has 1 aromatic heterocycles. The van der Waals surface area contributed by atoms with E-state index in [4.69, 9.17) is 0 Å². The van der Waals surface area contributed by atoms with E-state index >= 15 is 0 Å². The Morgan fingerprint density at radius 1 is 1.22 bits per heavy atom. The second-order valence-corrected chi connectivity index (χ2v) is 2.33. The summed E-state index contributed by atoms with van der Waals surface area (Å²) in [5.41, 5.74) is 0. The second-order valence-electron chi connectivity index (χ2n) is 1.34. The van der Waals surface area contributed by atoms with Gasteiger partial charge in [-0.25, -0.2) is 0 Å². The molecule has 48 valence electrons. The molecule has 0 radical (unpaired) electrons. The molecule has 0 unspecified atom stereocenters. The van der Waals surface area contributed by atoms with Gasteiger partial charge in [-0.3, -0.25) is 4.98 Å². The minimum atomic E-state index is 1.19. The van der Waals surface area contributed by atoms with Crippen molar-refractivity contribution < 1.29 is 17.4 Å². The van der Waals surface area contributed by atoms with Gasteiger partial charge in [-0.05, 0) is 12.1 Å². The Hall–Kier alpha value is -0.266. The van der Waals surface area contributed by atoms with Crippen LogP contribution in [-0.4, -0.2) is 4.98 Å². The summed E-state index contributed by atoms with van der Waals surface area (Å²) in [5.74, 6) is 0. The Morgan fingerprint density at radius 2 is 1.67 bits per heavy atom. The van der Waals surface area contributed by atoms with Crippen LogP contribution in [0.15, 0.2) is 30.6 Å². The van der Waals surface area contributed by atoms with E-state index in [1.807, 2.05) is 18.2 Å². The smallest absolute Gasteiger partial charge is 0.0267 e. The van der Waals surface area contributed by atoms with Crippen molar-refractivity contribution in [3.63, 3.8) is 0 Å². The van der Waals surface area contributed by atoms with Crippen molar-refractivity contribution in [3.8, 4) is 0 Å². The molecule has 0 saturated heterocycles. The molecule has 0 aliphatic carbocycles. The molecule has 2 heteroatoms. The molecule has 0 aliphatic rings. The molecule has 1 nitrogen and oxygen atoms in total. The average Bonchev–Trinajstić information content (AvgIpc) is 1.93. The zero-order chi connectivity index (χ0) is 6.95. The van der Waals surface area contributed by atoms with Crippen LogP contribution in [-0.2, 0) is 17.4 Å². The topological polar surface area (TPSA) is 12.9 Å². The predicted molar refractivity (Wildman–Crippen MR) is 34.7 cm³/mol. The maximum absolute atomic E-state index is 3.78. The largest absolute Gasteiger partial charge is 0.265 e. The maximum atomic E-state index is 3.78. The molecule has 0 amide bonds. The van der Waals surface area contributed by atoms with Crippen molar-refractivity contribution in [3.05, 3.63) is 30.6 Å². The summed E-state index contributed by atoms with van der Waals surface area (Å²) < 4.78 is 0. The fraction of sp³-hybridized carbons (Fsp3) is 0.286. The molecule has 0 fully saturated rings. The number of aromatic nitrogens is 1. The molecule has 1 aromatic rings. The number of nitrogens with zero attached hydrogens (tertiary/aromatic N) is 1. The summed E-state index contributed by atoms with van der Waals surface area (Å²) in [7, 11) is 0. The van der Waals surface area contributed by atoms with Crippen LogP contribution in [0.2, 0.25) is 5.13 Å². The quantitative estimate of drug-likeness (QED) is 0.564. The molecular weight excluding hydrogens is 149 g/mol. The van der Waals surface area contributed by atoms with Gasteiger partial charge in [0.1, 0.15) is 0 Å². The van der Waals surface area contributed by atoms with E-state index < -0.39 is 0 Å². The first-order valence-electron chi connectivity index (χ1n) is 2.87. The SMILES string of the molecule is C[CH2][V].c1ccncc1. The Balaban J connectivity index is 0.000000187. The number of hydrogen-bond donors (Lipinski definition) is 0. The Labute approximate surface area is 65.5 Å². The Kier molecular flexibility index (Phi) is 7.51. The Morgan fingerprint density at radius 3 is 1.78 bits per heavy atom. The summed E-state index contributed by atoms with van der Waals surface area (Å²) in [6, 6.07) is 5.72. The molecule has 0 aliphatic heterocycles. The summed E-state index contributed by atoms with van der Waals surface area (Å²) in [4.78, 5) is 3.78. The van der Waals surface area contributed by atoms with Gasteiger partial charge in [-0.15, -0.1) is 0 Å². The second kappa shape index (κ2) is 7.73. The van der Waals surface area contributed by atoms with Crippen molar-refractivity contribution in [2.24, 2.45) is 0 Å². The molecule has 9 heavy (non-hydrogen) atoms. The van der Waals surface area contributed by atoms with Gasteiger partial charge in [0.2, 0.25) is 0 Å². The molecular formula is C7H10NV. The molecule has 0 saturated carbocycles. The average molecular weight is 159 g/mol. The van der Waals surface area contributed by atoms with Crippen LogP contribution < -0.4 is 0 Å². The first-order chi connectivity index (χ1) is 4.41. The van der Waals surface area contributed by atoms with Crippen LogP contribution >= 0.6 is 0 Å². The van der Waals surface area contributed by atoms with Gasteiger partial charge in [-0.1, -0.05) is 6.07 Å². The van der Waals surface area contributed by atoms with E-state index in [1.54, 1.807) is 12.4 Å². The van der Waals surface area contributed by atoms with Gasteiger partial charge >= 0.3 is 29.5 Å². The third kappa shape index (κ3) is 7.73. The van der Waals surface area contributed by atoms with Crippen LogP contribution in [0.4, 0.5) is 0 Å². The van der Waals surface area contributed by atoms with Gasteiger partial charge in [0.05, 0.1) is 0 Å². The molecule has 1 rings (SSSR count). The fourth-order valence-electron chi connectivity index (χ4n) is 0.313. The van der Waals surface area contributed by atoms with Gasteiger partial charge in [0.15, 0.2) is 0 Å². The zero-order valence-electron chi connectivity index (χ0n) is 5.49. The number of rotatable bonds is 0. The van der Waals surface area contributed by atoms with Crippen LogP contribution in [0, 0.1) is 0 Å². The Bertz CT molecular complexity index is 91.8. The molecule has 0 bridgehead atoms. The minimum absolute atomic E-state index is 1.19. The third-order valence-electron chi connectivity index (χ3n) is 0.566. The molecule has 1 heterocycles. The van der Waals surface area contributed by atoms with Crippen molar-refractivity contribution >= 4 is 0 Å². The van der Waals surface area contributed by atoms with Crippen molar-refractivity contribution in [1.29, 1.82) is 0 Å². The standard InChI is InChI=1S/C5H5N.C2H5.V/c1-2-4-6-5-3-1;1-2;/h1-5H;1H2,2H3;. The van der Waals surface area contributed by atoms with Gasteiger partial charge in [0, 0.05) is 12.4 Å². The predicted octanol–water partition coefficient (Wildman–Crippen LogP) is 2.05. The molecule has 0 aromatic carbocycles. The first kappa shape index (κ1) is 8.73. The van der Waals surface area contributed by atoms with E-state index in [0.717, 1.165) is 0 Å². The molecule has 0 N–H and O–H groups in total. The van der Waals surface area contributed by atoms with Crippen LogP contribution in [0.25, 0.3) is 0 Å². The monoisotopic (exact) mass is 159 g/mol. The summed E-state index contributed by atoms with van der Waals surface area (Å²) >= 11 is 2.47. The first-order valence-corrected chi connectivity index (χ1v) is 3.86. The normalized spacial score (nSPS) is 7.22. The summed E-state index contributed by atoms with van der Waals surface area (Å²) in [6.07, 6.45) is 3.50.